The zero-order chi connectivity index (χ0) is 22.3. The fraction of sp³-hybridized carbons (Fsp3) is 1.00. The largest absolute Gasteiger partial charge is 0.427 e. The Morgan fingerprint density at radius 2 is 1.52 bits per heavy atom. The summed E-state index contributed by atoms with van der Waals surface area (Å²) in [6.07, 6.45) is -5.25. The average Bonchev–Trinajstić information content (AvgIpc) is 2.75. The molecule has 8 N–H and O–H groups in total. The Balaban J connectivity index is 1.51. The van der Waals surface area contributed by atoms with Gasteiger partial charge in [0, 0.05) is 18.3 Å². The molecule has 0 aromatic carbocycles. The van der Waals surface area contributed by atoms with Gasteiger partial charge in [-0.05, 0) is 38.5 Å². The van der Waals surface area contributed by atoms with Gasteiger partial charge in [-0.3, -0.25) is 0 Å². The van der Waals surface area contributed by atoms with Crippen LogP contribution in [0.5, 0.6) is 0 Å². The molecule has 2 aliphatic carbocycles. The zero-order valence-corrected chi connectivity index (χ0v) is 17.6. The van der Waals surface area contributed by atoms with E-state index in [-0.39, 0.29) is 30.1 Å². The summed E-state index contributed by atoms with van der Waals surface area (Å²) in [6, 6.07) is 0. The highest BCUT2D eigenvalue weighted by atomic mass is 16.7. The van der Waals surface area contributed by atoms with Crippen molar-refractivity contribution >= 4 is 0 Å². The molecule has 4 rings (SSSR count). The Morgan fingerprint density at radius 1 is 0.774 bits per heavy atom. The highest BCUT2D eigenvalue weighted by Crippen LogP contribution is 2.41. The Labute approximate surface area is 181 Å². The lowest BCUT2D eigenvalue weighted by Gasteiger charge is -2.47. The lowest BCUT2D eigenvalue weighted by atomic mass is 9.73. The molecule has 0 bridgehead atoms. The van der Waals surface area contributed by atoms with Gasteiger partial charge in [0.2, 0.25) is 0 Å². The SMILES string of the molecule is OC[C@@H]1O[C@H](OC2CC3CCC(O)CC3[OH+]C2C2CCC(O)C(O)C2)[C@@H](O)[C@H](O)[C@H]1O. The molecule has 0 spiro atoms. The van der Waals surface area contributed by atoms with Crippen molar-refractivity contribution in [1.82, 2.24) is 0 Å². The predicted molar refractivity (Wildman–Crippen MR) is 106 cm³/mol. The summed E-state index contributed by atoms with van der Waals surface area (Å²) >= 11 is 0. The predicted octanol–water partition coefficient (Wildman–Crippen LogP) is -2.48. The van der Waals surface area contributed by atoms with Gasteiger partial charge in [0.25, 0.3) is 0 Å². The quantitative estimate of drug-likeness (QED) is 0.229. The maximum Gasteiger partial charge on any atom is 0.187 e. The fourth-order valence-electron chi connectivity index (χ4n) is 5.79. The molecule has 180 valence electrons. The Bertz CT molecular complexity index is 591. The maximum absolute atomic E-state index is 10.4. The van der Waals surface area contributed by atoms with Gasteiger partial charge in [0.05, 0.1) is 24.9 Å². The van der Waals surface area contributed by atoms with Crippen molar-refractivity contribution in [2.75, 3.05) is 6.61 Å². The van der Waals surface area contributed by atoms with E-state index >= 15 is 0 Å². The summed E-state index contributed by atoms with van der Waals surface area (Å²) < 4.78 is 16.7. The number of rotatable bonds is 4. The first-order valence-electron chi connectivity index (χ1n) is 11.5. The van der Waals surface area contributed by atoms with E-state index in [1.807, 2.05) is 0 Å². The van der Waals surface area contributed by atoms with Gasteiger partial charge in [0.15, 0.2) is 18.5 Å². The first-order chi connectivity index (χ1) is 14.8. The molecule has 10 heteroatoms. The van der Waals surface area contributed by atoms with Crippen LogP contribution >= 0.6 is 0 Å². The van der Waals surface area contributed by atoms with Crippen LogP contribution in [0.2, 0.25) is 0 Å². The van der Waals surface area contributed by atoms with Crippen LogP contribution in [-0.2, 0) is 9.47 Å². The molecule has 13 atom stereocenters. The number of hydrogen-bond acceptors (Lipinski definition) is 9. The number of ether oxygens (including phenoxy) is 3. The highest BCUT2D eigenvalue weighted by molar-refractivity contribution is 4.96. The summed E-state index contributed by atoms with van der Waals surface area (Å²) in [4.78, 5) is 0. The number of aliphatic hydroxyl groups is 9. The molecule has 0 aromatic rings. The maximum atomic E-state index is 10.4. The topological polar surface area (TPSA) is 173 Å². The fourth-order valence-corrected chi connectivity index (χ4v) is 5.79. The molecule has 10 nitrogen and oxygen atoms in total. The van der Waals surface area contributed by atoms with Crippen molar-refractivity contribution in [1.29, 1.82) is 0 Å². The van der Waals surface area contributed by atoms with Crippen molar-refractivity contribution in [3.8, 4) is 0 Å². The molecule has 2 heterocycles. The molecule has 0 radical (unpaired) electrons. The second-order valence-corrected chi connectivity index (χ2v) is 9.75. The molecule has 0 aromatic heterocycles. The molecule has 4 fully saturated rings. The van der Waals surface area contributed by atoms with Crippen LogP contribution < -0.4 is 0 Å². The standard InChI is InChI=1S/C21H36O10/c22-8-16-17(26)18(27)19(28)21(31-16)30-15-6-9-1-3-11(23)7-14(9)29-20(15)10-2-4-12(24)13(25)5-10/h9-28H,1-8H2/p+1/t9?,10?,11?,12?,13?,14?,15?,16-,17-,18+,19-,20?,21-/m0/s1. The third-order valence-electron chi connectivity index (χ3n) is 7.67. The van der Waals surface area contributed by atoms with Gasteiger partial charge < -0.3 is 50.0 Å². The van der Waals surface area contributed by atoms with E-state index in [0.29, 0.717) is 38.5 Å². The normalized spacial score (nSPS) is 53.7. The van der Waals surface area contributed by atoms with Crippen LogP contribution in [-0.4, -0.2) is 114 Å². The minimum Gasteiger partial charge on any atom is -0.427 e. The highest BCUT2D eigenvalue weighted by Gasteiger charge is 2.52. The molecule has 8 unspecified atom stereocenters. The molecule has 2 saturated carbocycles. The lowest BCUT2D eigenvalue weighted by molar-refractivity contribution is -0.352. The van der Waals surface area contributed by atoms with Gasteiger partial charge in [-0.2, -0.15) is 0 Å². The van der Waals surface area contributed by atoms with Crippen molar-refractivity contribution in [2.24, 2.45) is 11.8 Å². The summed E-state index contributed by atoms with van der Waals surface area (Å²) in [7, 11) is 0. The van der Waals surface area contributed by atoms with Crippen molar-refractivity contribution in [3.63, 3.8) is 0 Å². The van der Waals surface area contributed by atoms with Crippen LogP contribution in [0.4, 0.5) is 0 Å². The van der Waals surface area contributed by atoms with E-state index in [1.54, 1.807) is 0 Å². The molecule has 2 saturated heterocycles. The minimum absolute atomic E-state index is 0.00704. The molecule has 4 aliphatic rings. The lowest BCUT2D eigenvalue weighted by Crippen LogP contribution is -2.62. The molecular formula is C21H37O10+. The van der Waals surface area contributed by atoms with Gasteiger partial charge in [0.1, 0.15) is 30.5 Å². The Morgan fingerprint density at radius 3 is 2.23 bits per heavy atom. The van der Waals surface area contributed by atoms with Gasteiger partial charge in [-0.15, -0.1) is 0 Å². The number of aliphatic hydroxyl groups excluding tert-OH is 7. The first kappa shape index (κ1) is 23.7. The van der Waals surface area contributed by atoms with E-state index in [0.717, 1.165) is 6.42 Å². The zero-order valence-electron chi connectivity index (χ0n) is 17.6. The van der Waals surface area contributed by atoms with Crippen LogP contribution in [0.15, 0.2) is 0 Å². The first-order valence-corrected chi connectivity index (χ1v) is 11.5. The molecular weight excluding hydrogens is 412 g/mol. The number of fused-ring (bicyclic) bond motifs is 1. The smallest absolute Gasteiger partial charge is 0.187 e. The van der Waals surface area contributed by atoms with Crippen LogP contribution in [0, 0.1) is 11.8 Å². The third kappa shape index (κ3) is 4.93. The van der Waals surface area contributed by atoms with Gasteiger partial charge >= 0.3 is 0 Å². The second kappa shape index (κ2) is 9.84. The third-order valence-corrected chi connectivity index (χ3v) is 7.67. The molecule has 2 aliphatic heterocycles. The molecule has 31 heavy (non-hydrogen) atoms. The summed E-state index contributed by atoms with van der Waals surface area (Å²) in [6.45, 7) is -0.529. The van der Waals surface area contributed by atoms with Crippen molar-refractivity contribution in [3.05, 3.63) is 0 Å². The van der Waals surface area contributed by atoms with E-state index in [1.165, 1.54) is 0 Å². The van der Waals surface area contributed by atoms with Crippen LogP contribution in [0.3, 0.4) is 0 Å². The van der Waals surface area contributed by atoms with Crippen LogP contribution in [0.1, 0.15) is 44.9 Å². The Hall–Kier alpha value is -0.400. The van der Waals surface area contributed by atoms with Gasteiger partial charge in [-0.1, -0.05) is 0 Å². The minimum atomic E-state index is -1.51. The van der Waals surface area contributed by atoms with E-state index in [4.69, 9.17) is 14.2 Å². The second-order valence-electron chi connectivity index (χ2n) is 9.75. The number of hydrogen-bond donors (Lipinski definition) is 7. The van der Waals surface area contributed by atoms with Crippen molar-refractivity contribution in [2.45, 2.75) is 112 Å². The van der Waals surface area contributed by atoms with E-state index in [2.05, 4.69) is 0 Å². The summed E-state index contributed by atoms with van der Waals surface area (Å²) in [5.74, 6) is 0.182. The van der Waals surface area contributed by atoms with E-state index in [9.17, 15) is 35.7 Å². The van der Waals surface area contributed by atoms with Crippen molar-refractivity contribution < 1.29 is 50.0 Å². The average molecular weight is 450 g/mol. The monoisotopic (exact) mass is 449 g/mol. The van der Waals surface area contributed by atoms with E-state index < -0.39 is 55.6 Å². The van der Waals surface area contributed by atoms with Gasteiger partial charge in [-0.25, -0.2) is 0 Å². The summed E-state index contributed by atoms with van der Waals surface area (Å²) in [5.41, 5.74) is 0. The molecule has 0 amide bonds. The summed E-state index contributed by atoms with van der Waals surface area (Å²) in [5, 5.41) is 70.2. The van der Waals surface area contributed by atoms with Crippen LogP contribution in [0.25, 0.3) is 0 Å². The Kier molecular flexibility index (Phi) is 7.54.